The number of fused-ring (bicyclic) bond motifs is 1. The highest BCUT2D eigenvalue weighted by atomic mass is 32.2. The van der Waals surface area contributed by atoms with Crippen molar-refractivity contribution in [2.24, 2.45) is 0 Å². The van der Waals surface area contributed by atoms with Gasteiger partial charge in [-0.15, -0.1) is 0 Å². The zero-order valence-electron chi connectivity index (χ0n) is 16.3. The molecule has 1 aliphatic carbocycles. The highest BCUT2D eigenvalue weighted by Gasteiger charge is 2.22. The number of rotatable bonds is 7. The van der Waals surface area contributed by atoms with E-state index in [-0.39, 0.29) is 11.4 Å². The third-order valence-corrected chi connectivity index (χ3v) is 6.64. The van der Waals surface area contributed by atoms with Crippen LogP contribution in [-0.2, 0) is 29.4 Å². The lowest BCUT2D eigenvalue weighted by Crippen LogP contribution is -2.28. The van der Waals surface area contributed by atoms with Crippen molar-refractivity contribution < 1.29 is 13.2 Å². The first-order chi connectivity index (χ1) is 14.1. The van der Waals surface area contributed by atoms with E-state index in [2.05, 4.69) is 9.71 Å². The Morgan fingerprint density at radius 3 is 2.72 bits per heavy atom. The number of sulfonamides is 1. The van der Waals surface area contributed by atoms with Gasteiger partial charge in [0.25, 0.3) is 0 Å². The van der Waals surface area contributed by atoms with Crippen LogP contribution in [0.25, 0.3) is 11.3 Å². The predicted molar refractivity (Wildman–Crippen MR) is 110 cm³/mol. The van der Waals surface area contributed by atoms with Crippen LogP contribution in [0.1, 0.15) is 24.1 Å². The third kappa shape index (κ3) is 4.18. The topological polar surface area (TPSA) is 86.1 Å². The van der Waals surface area contributed by atoms with Crippen LogP contribution in [0.4, 0.5) is 0 Å². The number of hydrogen-bond donors (Lipinski definition) is 1. The number of ether oxygens (including phenoxy) is 1. The molecule has 0 aliphatic heterocycles. The van der Waals surface area contributed by atoms with Gasteiger partial charge in [0.15, 0.2) is 0 Å². The quantitative estimate of drug-likeness (QED) is 0.645. The largest absolute Gasteiger partial charge is 0.497 e. The molecule has 3 aromatic rings. The van der Waals surface area contributed by atoms with Crippen LogP contribution in [0.2, 0.25) is 0 Å². The van der Waals surface area contributed by atoms with Crippen LogP contribution in [0, 0.1) is 0 Å². The summed E-state index contributed by atoms with van der Waals surface area (Å²) in [6.45, 7) is 0.750. The molecule has 2 heterocycles. The SMILES string of the molecule is COc1cccc(S(=O)(=O)NCCn2nc(-c3ccncc3)c3c2CCCC3)c1. The van der Waals surface area contributed by atoms with Gasteiger partial charge >= 0.3 is 0 Å². The van der Waals surface area contributed by atoms with Crippen molar-refractivity contribution in [3.05, 3.63) is 60.0 Å². The second kappa shape index (κ2) is 8.34. The molecule has 152 valence electrons. The van der Waals surface area contributed by atoms with Crippen molar-refractivity contribution in [2.45, 2.75) is 37.1 Å². The molecule has 2 aromatic heterocycles. The fraction of sp³-hybridized carbons (Fsp3) is 0.333. The van der Waals surface area contributed by atoms with E-state index in [4.69, 9.17) is 9.84 Å². The zero-order valence-corrected chi connectivity index (χ0v) is 17.2. The standard InChI is InChI=1S/C21H24N4O3S/c1-28-17-5-4-6-18(15-17)29(26,27)23-13-14-25-20-8-3-2-7-19(20)21(24-25)16-9-11-22-12-10-16/h4-6,9-12,15,23H,2-3,7-8,13-14H2,1H3. The van der Waals surface area contributed by atoms with Gasteiger partial charge in [-0.05, 0) is 49.9 Å². The summed E-state index contributed by atoms with van der Waals surface area (Å²) < 4.78 is 35.0. The first kappa shape index (κ1) is 19.6. The average Bonchev–Trinajstić information content (AvgIpc) is 3.13. The number of benzene rings is 1. The van der Waals surface area contributed by atoms with E-state index in [0.29, 0.717) is 12.3 Å². The number of pyridine rings is 1. The number of nitrogens with zero attached hydrogens (tertiary/aromatic N) is 3. The van der Waals surface area contributed by atoms with E-state index >= 15 is 0 Å². The maximum atomic E-state index is 12.6. The molecule has 1 aromatic carbocycles. The molecule has 0 atom stereocenters. The Balaban J connectivity index is 1.52. The third-order valence-electron chi connectivity index (χ3n) is 5.18. The van der Waals surface area contributed by atoms with Crippen molar-refractivity contribution in [1.29, 1.82) is 0 Å². The van der Waals surface area contributed by atoms with Gasteiger partial charge in [-0.25, -0.2) is 13.1 Å². The van der Waals surface area contributed by atoms with E-state index in [9.17, 15) is 8.42 Å². The van der Waals surface area contributed by atoms with Gasteiger partial charge in [-0.3, -0.25) is 9.67 Å². The van der Waals surface area contributed by atoms with Crippen molar-refractivity contribution in [1.82, 2.24) is 19.5 Å². The Labute approximate surface area is 170 Å². The maximum Gasteiger partial charge on any atom is 0.240 e. The second-order valence-corrected chi connectivity index (χ2v) is 8.78. The minimum absolute atomic E-state index is 0.191. The summed E-state index contributed by atoms with van der Waals surface area (Å²) in [7, 11) is -2.09. The Hall–Kier alpha value is -2.71. The first-order valence-corrected chi connectivity index (χ1v) is 11.2. The molecule has 7 nitrogen and oxygen atoms in total. The molecular weight excluding hydrogens is 388 g/mol. The van der Waals surface area contributed by atoms with Gasteiger partial charge in [-0.2, -0.15) is 5.10 Å². The van der Waals surface area contributed by atoms with E-state index < -0.39 is 10.0 Å². The van der Waals surface area contributed by atoms with Gasteiger partial charge in [0.1, 0.15) is 5.75 Å². The highest BCUT2D eigenvalue weighted by molar-refractivity contribution is 7.89. The number of aromatic nitrogens is 3. The van der Waals surface area contributed by atoms with Gasteiger partial charge in [0.2, 0.25) is 10.0 Å². The van der Waals surface area contributed by atoms with Crippen LogP contribution in [0.3, 0.4) is 0 Å². The molecule has 29 heavy (non-hydrogen) atoms. The molecule has 0 saturated carbocycles. The van der Waals surface area contributed by atoms with Crippen molar-refractivity contribution >= 4 is 10.0 Å². The highest BCUT2D eigenvalue weighted by Crippen LogP contribution is 2.30. The molecule has 1 N–H and O–H groups in total. The normalized spacial score (nSPS) is 13.8. The fourth-order valence-electron chi connectivity index (χ4n) is 3.74. The smallest absolute Gasteiger partial charge is 0.240 e. The lowest BCUT2D eigenvalue weighted by Gasteiger charge is -2.14. The summed E-state index contributed by atoms with van der Waals surface area (Å²) in [5, 5.41) is 4.82. The van der Waals surface area contributed by atoms with E-state index in [1.807, 2.05) is 16.8 Å². The van der Waals surface area contributed by atoms with Crippen LogP contribution >= 0.6 is 0 Å². The second-order valence-electron chi connectivity index (χ2n) is 7.02. The lowest BCUT2D eigenvalue weighted by atomic mass is 9.94. The summed E-state index contributed by atoms with van der Waals surface area (Å²) in [6, 6.07) is 10.4. The molecule has 1 aliphatic rings. The Bertz CT molecular complexity index is 1090. The molecule has 0 fully saturated rings. The number of hydrogen-bond acceptors (Lipinski definition) is 5. The fourth-order valence-corrected chi connectivity index (χ4v) is 4.79. The van der Waals surface area contributed by atoms with Crippen LogP contribution in [0.15, 0.2) is 53.7 Å². The summed E-state index contributed by atoms with van der Waals surface area (Å²) in [6.07, 6.45) is 7.79. The molecule has 8 heteroatoms. The van der Waals surface area contributed by atoms with E-state index in [1.165, 1.54) is 24.4 Å². The Kier molecular flexibility index (Phi) is 5.64. The minimum atomic E-state index is -3.61. The van der Waals surface area contributed by atoms with Crippen molar-refractivity contribution in [3.63, 3.8) is 0 Å². The zero-order chi connectivity index (χ0) is 20.3. The average molecular weight is 413 g/mol. The minimum Gasteiger partial charge on any atom is -0.497 e. The van der Waals surface area contributed by atoms with Gasteiger partial charge < -0.3 is 4.74 Å². The summed E-state index contributed by atoms with van der Waals surface area (Å²) >= 11 is 0. The molecule has 0 spiro atoms. The van der Waals surface area contributed by atoms with Crippen LogP contribution in [0.5, 0.6) is 5.75 Å². The van der Waals surface area contributed by atoms with Crippen molar-refractivity contribution in [2.75, 3.05) is 13.7 Å². The first-order valence-electron chi connectivity index (χ1n) is 9.71. The van der Waals surface area contributed by atoms with E-state index in [1.54, 1.807) is 30.6 Å². The Morgan fingerprint density at radius 2 is 1.93 bits per heavy atom. The predicted octanol–water partition coefficient (Wildman–Crippen LogP) is 2.81. The summed E-state index contributed by atoms with van der Waals surface area (Å²) in [5.41, 5.74) is 4.52. The monoisotopic (exact) mass is 412 g/mol. The van der Waals surface area contributed by atoms with E-state index in [0.717, 1.165) is 36.9 Å². The number of methoxy groups -OCH3 is 1. The van der Waals surface area contributed by atoms with Crippen LogP contribution < -0.4 is 9.46 Å². The summed E-state index contributed by atoms with van der Waals surface area (Å²) in [4.78, 5) is 4.28. The van der Waals surface area contributed by atoms with Gasteiger partial charge in [-0.1, -0.05) is 6.07 Å². The molecule has 0 radical (unpaired) electrons. The molecule has 0 amide bonds. The molecule has 0 unspecified atom stereocenters. The van der Waals surface area contributed by atoms with Gasteiger partial charge in [0, 0.05) is 41.8 Å². The Morgan fingerprint density at radius 1 is 1.14 bits per heavy atom. The maximum absolute atomic E-state index is 12.6. The lowest BCUT2D eigenvalue weighted by molar-refractivity contribution is 0.413. The molecule has 0 bridgehead atoms. The number of nitrogens with one attached hydrogen (secondary N) is 1. The summed E-state index contributed by atoms with van der Waals surface area (Å²) in [5.74, 6) is 0.510. The molecular formula is C21H24N4O3S. The molecule has 0 saturated heterocycles. The van der Waals surface area contributed by atoms with Gasteiger partial charge in [0.05, 0.1) is 24.2 Å². The van der Waals surface area contributed by atoms with Crippen LogP contribution in [-0.4, -0.2) is 36.8 Å². The van der Waals surface area contributed by atoms with Crippen molar-refractivity contribution in [3.8, 4) is 17.0 Å². The molecule has 4 rings (SSSR count).